The largest absolute Gasteiger partial charge is 0.497 e. The minimum Gasteiger partial charge on any atom is -0.497 e. The summed E-state index contributed by atoms with van der Waals surface area (Å²) in [5.74, 6) is 1.39. The zero-order valence-electron chi connectivity index (χ0n) is 12.9. The molecule has 0 amide bonds. The molecule has 0 unspecified atom stereocenters. The Morgan fingerprint density at radius 3 is 2.83 bits per heavy atom. The summed E-state index contributed by atoms with van der Waals surface area (Å²) in [6.07, 6.45) is 1.78. The Hall–Kier alpha value is -2.73. The summed E-state index contributed by atoms with van der Waals surface area (Å²) in [7, 11) is 1.63. The van der Waals surface area contributed by atoms with Crippen molar-refractivity contribution in [2.75, 3.05) is 7.11 Å². The van der Waals surface area contributed by atoms with Crippen molar-refractivity contribution >= 4 is 18.4 Å². The molecule has 1 N–H and O–H groups in total. The Balaban J connectivity index is 2.02. The Morgan fingerprint density at radius 2 is 2.04 bits per heavy atom. The van der Waals surface area contributed by atoms with E-state index in [0.29, 0.717) is 10.6 Å². The highest BCUT2D eigenvalue weighted by atomic mass is 32.1. The zero-order chi connectivity index (χ0) is 16.2. The number of aryl methyl sites for hydroxylation is 1. The summed E-state index contributed by atoms with van der Waals surface area (Å²) in [6, 6.07) is 15.6. The monoisotopic (exact) mass is 324 g/mol. The molecule has 5 nitrogen and oxygen atoms in total. The fraction of sp³-hybridized carbons (Fsp3) is 0.118. The van der Waals surface area contributed by atoms with Crippen LogP contribution in [0.15, 0.2) is 53.6 Å². The van der Waals surface area contributed by atoms with E-state index in [2.05, 4.69) is 15.3 Å². The topological polar surface area (TPSA) is 55.2 Å². The van der Waals surface area contributed by atoms with E-state index in [1.807, 2.05) is 55.5 Å². The van der Waals surface area contributed by atoms with Crippen LogP contribution in [-0.4, -0.2) is 28.2 Å². The van der Waals surface area contributed by atoms with E-state index in [0.717, 1.165) is 22.4 Å². The highest BCUT2D eigenvalue weighted by molar-refractivity contribution is 7.71. The first kappa shape index (κ1) is 15.2. The van der Waals surface area contributed by atoms with Crippen molar-refractivity contribution in [1.29, 1.82) is 0 Å². The third-order valence-electron chi connectivity index (χ3n) is 3.48. The van der Waals surface area contributed by atoms with Gasteiger partial charge in [-0.25, -0.2) is 5.10 Å². The molecule has 0 saturated carbocycles. The van der Waals surface area contributed by atoms with Crippen molar-refractivity contribution in [2.45, 2.75) is 6.92 Å². The second kappa shape index (κ2) is 6.58. The van der Waals surface area contributed by atoms with Crippen LogP contribution >= 0.6 is 12.2 Å². The molecule has 0 radical (unpaired) electrons. The van der Waals surface area contributed by atoms with Gasteiger partial charge in [0.05, 0.1) is 13.3 Å². The lowest BCUT2D eigenvalue weighted by Crippen LogP contribution is -1.96. The summed E-state index contributed by atoms with van der Waals surface area (Å²) in [4.78, 5) is 0. The molecule has 1 heterocycles. The van der Waals surface area contributed by atoms with Gasteiger partial charge in [0.15, 0.2) is 5.82 Å². The molecule has 0 aliphatic heterocycles. The molecule has 116 valence electrons. The van der Waals surface area contributed by atoms with Gasteiger partial charge < -0.3 is 4.74 Å². The predicted molar refractivity (Wildman–Crippen MR) is 93.6 cm³/mol. The number of nitrogens with zero attached hydrogens (tertiary/aromatic N) is 3. The van der Waals surface area contributed by atoms with Crippen LogP contribution in [0.25, 0.3) is 11.4 Å². The molecule has 2 aromatic carbocycles. The molecule has 0 bridgehead atoms. The van der Waals surface area contributed by atoms with E-state index in [1.54, 1.807) is 18.0 Å². The van der Waals surface area contributed by atoms with Crippen molar-refractivity contribution < 1.29 is 4.74 Å². The van der Waals surface area contributed by atoms with E-state index >= 15 is 0 Å². The highest BCUT2D eigenvalue weighted by Gasteiger charge is 2.09. The minimum atomic E-state index is 0.438. The molecular formula is C17H16N4OS. The molecule has 0 aliphatic rings. The maximum atomic E-state index is 5.28. The van der Waals surface area contributed by atoms with Crippen LogP contribution in [0, 0.1) is 11.7 Å². The Bertz CT molecular complexity index is 911. The number of nitrogens with one attached hydrogen (secondary N) is 1. The smallest absolute Gasteiger partial charge is 0.216 e. The molecular weight excluding hydrogens is 308 g/mol. The molecule has 0 fully saturated rings. The molecule has 3 rings (SSSR count). The predicted octanol–water partition coefficient (Wildman–Crippen LogP) is 3.81. The summed E-state index contributed by atoms with van der Waals surface area (Å²) in [5, 5.41) is 11.5. The summed E-state index contributed by atoms with van der Waals surface area (Å²) < 4.78 is 7.30. The summed E-state index contributed by atoms with van der Waals surface area (Å²) >= 11 is 5.28. The fourth-order valence-electron chi connectivity index (χ4n) is 2.20. The Morgan fingerprint density at radius 1 is 1.22 bits per heavy atom. The van der Waals surface area contributed by atoms with E-state index < -0.39 is 0 Å². The van der Waals surface area contributed by atoms with Gasteiger partial charge in [-0.05, 0) is 42.4 Å². The van der Waals surface area contributed by atoms with E-state index in [1.165, 1.54) is 0 Å². The second-order valence-corrected chi connectivity index (χ2v) is 5.38. The van der Waals surface area contributed by atoms with Crippen molar-refractivity contribution in [3.63, 3.8) is 0 Å². The lowest BCUT2D eigenvalue weighted by Gasteiger charge is -2.04. The Kier molecular flexibility index (Phi) is 4.34. The fourth-order valence-corrected chi connectivity index (χ4v) is 2.38. The zero-order valence-corrected chi connectivity index (χ0v) is 13.7. The number of hydrogen-bond donors (Lipinski definition) is 1. The van der Waals surface area contributed by atoms with Crippen LogP contribution in [-0.2, 0) is 0 Å². The average Bonchev–Trinajstić information content (AvgIpc) is 2.95. The van der Waals surface area contributed by atoms with Gasteiger partial charge in [-0.1, -0.05) is 36.4 Å². The van der Waals surface area contributed by atoms with Crippen molar-refractivity contribution in [3.05, 3.63) is 64.4 Å². The maximum absolute atomic E-state index is 5.28. The van der Waals surface area contributed by atoms with Gasteiger partial charge in [-0.3, -0.25) is 0 Å². The van der Waals surface area contributed by atoms with Crippen molar-refractivity contribution in [3.8, 4) is 17.1 Å². The van der Waals surface area contributed by atoms with Crippen LogP contribution in [0.4, 0.5) is 0 Å². The van der Waals surface area contributed by atoms with Gasteiger partial charge in [-0.2, -0.15) is 14.9 Å². The molecule has 0 atom stereocenters. The third kappa shape index (κ3) is 3.22. The number of rotatable bonds is 4. The number of hydrogen-bond acceptors (Lipinski definition) is 4. The van der Waals surface area contributed by atoms with E-state index in [9.17, 15) is 0 Å². The maximum Gasteiger partial charge on any atom is 0.216 e. The van der Waals surface area contributed by atoms with E-state index in [4.69, 9.17) is 17.0 Å². The van der Waals surface area contributed by atoms with Crippen molar-refractivity contribution in [1.82, 2.24) is 14.9 Å². The number of benzene rings is 2. The molecule has 0 spiro atoms. The number of ether oxygens (including phenoxy) is 1. The Labute approximate surface area is 139 Å². The molecule has 3 aromatic rings. The number of methoxy groups -OCH3 is 1. The summed E-state index contributed by atoms with van der Waals surface area (Å²) in [6.45, 7) is 2.04. The lowest BCUT2D eigenvalue weighted by atomic mass is 10.1. The molecule has 1 aromatic heterocycles. The van der Waals surface area contributed by atoms with E-state index in [-0.39, 0.29) is 0 Å². The second-order valence-electron chi connectivity index (χ2n) is 5.00. The van der Waals surface area contributed by atoms with Gasteiger partial charge in [0, 0.05) is 5.56 Å². The lowest BCUT2D eigenvalue weighted by molar-refractivity contribution is 0.415. The molecule has 0 aliphatic carbocycles. The molecule has 0 saturated heterocycles. The number of aromatic nitrogens is 3. The minimum absolute atomic E-state index is 0.438. The van der Waals surface area contributed by atoms with Gasteiger partial charge in [-0.15, -0.1) is 0 Å². The number of aromatic amines is 1. The molecule has 6 heteroatoms. The SMILES string of the molecule is COc1cccc(-c2n[nH]c(=S)n2/N=C/c2ccccc2C)c1. The van der Waals surface area contributed by atoms with Gasteiger partial charge in [0.1, 0.15) is 5.75 Å². The van der Waals surface area contributed by atoms with Crippen LogP contribution < -0.4 is 4.74 Å². The van der Waals surface area contributed by atoms with Gasteiger partial charge in [0.2, 0.25) is 4.77 Å². The van der Waals surface area contributed by atoms with Gasteiger partial charge >= 0.3 is 0 Å². The first-order valence-corrected chi connectivity index (χ1v) is 7.51. The first-order valence-electron chi connectivity index (χ1n) is 7.11. The van der Waals surface area contributed by atoms with Crippen LogP contribution in [0.5, 0.6) is 5.75 Å². The number of H-pyrrole nitrogens is 1. The summed E-state index contributed by atoms with van der Waals surface area (Å²) in [5.41, 5.74) is 3.06. The van der Waals surface area contributed by atoms with Crippen LogP contribution in [0.3, 0.4) is 0 Å². The third-order valence-corrected chi connectivity index (χ3v) is 3.74. The first-order chi connectivity index (χ1) is 11.2. The van der Waals surface area contributed by atoms with Gasteiger partial charge in [0.25, 0.3) is 0 Å². The van der Waals surface area contributed by atoms with Crippen LogP contribution in [0.2, 0.25) is 0 Å². The quantitative estimate of drug-likeness (QED) is 0.586. The highest BCUT2D eigenvalue weighted by Crippen LogP contribution is 2.22. The van der Waals surface area contributed by atoms with Crippen molar-refractivity contribution in [2.24, 2.45) is 5.10 Å². The molecule has 23 heavy (non-hydrogen) atoms. The normalized spacial score (nSPS) is 11.0. The average molecular weight is 324 g/mol. The standard InChI is InChI=1S/C17H16N4OS/c1-12-6-3-4-7-14(12)11-18-21-16(19-20-17(21)23)13-8-5-9-15(10-13)22-2/h3-11H,1-2H3,(H,20,23)/b18-11+. The van der Waals surface area contributed by atoms with Crippen LogP contribution in [0.1, 0.15) is 11.1 Å².